The molecule has 0 heterocycles. The number of hydrogen-bond acceptors (Lipinski definition) is 5. The van der Waals surface area contributed by atoms with Crippen molar-refractivity contribution in [2.24, 2.45) is 0 Å². The number of aliphatic hydroxyl groups excluding tert-OH is 1. The third kappa shape index (κ3) is 9.72. The molecule has 6 heteroatoms. The number of aliphatic hydroxyl groups is 1. The summed E-state index contributed by atoms with van der Waals surface area (Å²) in [6, 6.07) is 9.43. The molecule has 0 spiro atoms. The molecule has 1 N–H and O–H groups in total. The molecule has 0 fully saturated rings. The molecule has 1 aromatic carbocycles. The molecular formula is C19H29NO5. The minimum atomic E-state index is -0.512. The summed E-state index contributed by atoms with van der Waals surface area (Å²) in [5.74, 6) is -0.285. The normalized spacial score (nSPS) is 11.0. The number of ether oxygens (including phenoxy) is 2. The van der Waals surface area contributed by atoms with Gasteiger partial charge in [-0.05, 0) is 39.2 Å². The summed E-state index contributed by atoms with van der Waals surface area (Å²) in [5.41, 5.74) is 0.397. The summed E-state index contributed by atoms with van der Waals surface area (Å²) in [6.45, 7) is 6.42. The number of carbonyl (C=O) groups is 2. The molecule has 0 radical (unpaired) electrons. The van der Waals surface area contributed by atoms with Crippen molar-refractivity contribution >= 4 is 12.1 Å². The lowest BCUT2D eigenvalue weighted by molar-refractivity contribution is -0.155. The first kappa shape index (κ1) is 21.0. The molecule has 1 rings (SSSR count). The number of benzene rings is 1. The van der Waals surface area contributed by atoms with Gasteiger partial charge in [-0.25, -0.2) is 4.79 Å². The lowest BCUT2D eigenvalue weighted by Gasteiger charge is -2.23. The van der Waals surface area contributed by atoms with Crippen LogP contribution in [0, 0.1) is 0 Å². The van der Waals surface area contributed by atoms with Crippen molar-refractivity contribution in [3.63, 3.8) is 0 Å². The molecule has 0 saturated carbocycles. The Balaban J connectivity index is 2.44. The number of amides is 1. The monoisotopic (exact) mass is 351 g/mol. The number of nitrogens with zero attached hydrogens (tertiary/aromatic N) is 1. The highest BCUT2D eigenvalue weighted by Gasteiger charge is 2.18. The van der Waals surface area contributed by atoms with Gasteiger partial charge < -0.3 is 19.5 Å². The second-order valence-electron chi connectivity index (χ2n) is 6.79. The van der Waals surface area contributed by atoms with Crippen LogP contribution in [-0.4, -0.2) is 47.4 Å². The van der Waals surface area contributed by atoms with E-state index in [1.807, 2.05) is 51.1 Å². The maximum absolute atomic E-state index is 12.2. The van der Waals surface area contributed by atoms with Gasteiger partial charge in [-0.2, -0.15) is 0 Å². The summed E-state index contributed by atoms with van der Waals surface area (Å²) in [7, 11) is 0. The van der Waals surface area contributed by atoms with Crippen LogP contribution >= 0.6 is 0 Å². The molecule has 0 aliphatic rings. The first-order valence-corrected chi connectivity index (χ1v) is 8.60. The van der Waals surface area contributed by atoms with Crippen LogP contribution in [0.3, 0.4) is 0 Å². The SMILES string of the molecule is CC(C)(C)OC(=O)CCCN(CCCO)C(=O)OCc1ccccc1. The van der Waals surface area contributed by atoms with Crippen molar-refractivity contribution in [3.05, 3.63) is 35.9 Å². The average molecular weight is 351 g/mol. The molecule has 6 nitrogen and oxygen atoms in total. The second kappa shape index (κ2) is 10.7. The molecule has 0 saturated heterocycles. The minimum absolute atomic E-state index is 0.00543. The number of carbonyl (C=O) groups excluding carboxylic acids is 2. The van der Waals surface area contributed by atoms with Crippen LogP contribution in [0.5, 0.6) is 0 Å². The number of esters is 1. The number of hydrogen-bond donors (Lipinski definition) is 1. The van der Waals surface area contributed by atoms with Gasteiger partial charge >= 0.3 is 12.1 Å². The maximum Gasteiger partial charge on any atom is 0.410 e. The van der Waals surface area contributed by atoms with Crippen molar-refractivity contribution in [2.75, 3.05) is 19.7 Å². The van der Waals surface area contributed by atoms with E-state index in [4.69, 9.17) is 14.6 Å². The Bertz CT molecular complexity index is 524. The zero-order chi connectivity index (χ0) is 18.7. The van der Waals surface area contributed by atoms with Gasteiger partial charge in [0.05, 0.1) is 0 Å². The zero-order valence-corrected chi connectivity index (χ0v) is 15.4. The molecule has 25 heavy (non-hydrogen) atoms. The molecule has 0 atom stereocenters. The fourth-order valence-electron chi connectivity index (χ4n) is 2.17. The van der Waals surface area contributed by atoms with Crippen LogP contribution in [0.1, 0.15) is 45.6 Å². The Morgan fingerprint density at radius 2 is 1.72 bits per heavy atom. The molecule has 0 unspecified atom stereocenters. The van der Waals surface area contributed by atoms with Gasteiger partial charge in [0.1, 0.15) is 12.2 Å². The molecule has 0 bridgehead atoms. The first-order chi connectivity index (χ1) is 11.8. The predicted molar refractivity (Wildman–Crippen MR) is 95.0 cm³/mol. The van der Waals surface area contributed by atoms with E-state index in [0.29, 0.717) is 25.9 Å². The quantitative estimate of drug-likeness (QED) is 0.692. The van der Waals surface area contributed by atoms with Crippen molar-refractivity contribution in [3.8, 4) is 0 Å². The summed E-state index contributed by atoms with van der Waals surface area (Å²) >= 11 is 0. The molecule has 1 amide bonds. The van der Waals surface area contributed by atoms with Gasteiger partial charge in [0.15, 0.2) is 0 Å². The van der Waals surface area contributed by atoms with Gasteiger partial charge in [-0.3, -0.25) is 4.79 Å². The predicted octanol–water partition coefficient (Wildman–Crippen LogP) is 3.13. The molecule has 0 aliphatic carbocycles. The van der Waals surface area contributed by atoms with E-state index < -0.39 is 11.7 Å². The third-order valence-electron chi connectivity index (χ3n) is 3.28. The molecule has 140 valence electrons. The Morgan fingerprint density at radius 3 is 2.32 bits per heavy atom. The highest BCUT2D eigenvalue weighted by molar-refractivity contribution is 5.70. The third-order valence-corrected chi connectivity index (χ3v) is 3.28. The highest BCUT2D eigenvalue weighted by Crippen LogP contribution is 2.10. The fourth-order valence-corrected chi connectivity index (χ4v) is 2.17. The van der Waals surface area contributed by atoms with Gasteiger partial charge in [0.25, 0.3) is 0 Å². The molecule has 0 aliphatic heterocycles. The Kier molecular flexibility index (Phi) is 8.99. The van der Waals surface area contributed by atoms with E-state index in [-0.39, 0.29) is 25.6 Å². The van der Waals surface area contributed by atoms with Crippen molar-refractivity contribution in [1.82, 2.24) is 4.90 Å². The zero-order valence-electron chi connectivity index (χ0n) is 15.4. The van der Waals surface area contributed by atoms with Gasteiger partial charge in [-0.1, -0.05) is 30.3 Å². The summed E-state index contributed by atoms with van der Waals surface area (Å²) < 4.78 is 10.6. The minimum Gasteiger partial charge on any atom is -0.460 e. The van der Waals surface area contributed by atoms with Crippen LogP contribution < -0.4 is 0 Å². The average Bonchev–Trinajstić information content (AvgIpc) is 2.55. The van der Waals surface area contributed by atoms with Crippen molar-refractivity contribution < 1.29 is 24.2 Å². The smallest absolute Gasteiger partial charge is 0.410 e. The van der Waals surface area contributed by atoms with Crippen molar-refractivity contribution in [1.29, 1.82) is 0 Å². The largest absolute Gasteiger partial charge is 0.460 e. The summed E-state index contributed by atoms with van der Waals surface area (Å²) in [4.78, 5) is 25.5. The summed E-state index contributed by atoms with van der Waals surface area (Å²) in [6.07, 6.45) is 0.744. The maximum atomic E-state index is 12.2. The van der Waals surface area contributed by atoms with Crippen LogP contribution in [0.25, 0.3) is 0 Å². The Morgan fingerprint density at radius 1 is 1.08 bits per heavy atom. The van der Waals surface area contributed by atoms with E-state index >= 15 is 0 Å². The Labute approximate surface area is 149 Å². The van der Waals surface area contributed by atoms with Gasteiger partial charge in [0, 0.05) is 26.1 Å². The van der Waals surface area contributed by atoms with Gasteiger partial charge in [-0.15, -0.1) is 0 Å². The highest BCUT2D eigenvalue weighted by atomic mass is 16.6. The van der Waals surface area contributed by atoms with E-state index in [2.05, 4.69) is 0 Å². The van der Waals surface area contributed by atoms with Crippen LogP contribution in [0.4, 0.5) is 4.79 Å². The first-order valence-electron chi connectivity index (χ1n) is 8.60. The summed E-state index contributed by atoms with van der Waals surface area (Å²) in [5, 5.41) is 8.99. The molecule has 1 aromatic rings. The van der Waals surface area contributed by atoms with Crippen LogP contribution in [0.2, 0.25) is 0 Å². The second-order valence-corrected chi connectivity index (χ2v) is 6.79. The van der Waals surface area contributed by atoms with E-state index in [9.17, 15) is 9.59 Å². The Hall–Kier alpha value is -2.08. The lowest BCUT2D eigenvalue weighted by atomic mass is 10.2. The van der Waals surface area contributed by atoms with E-state index in [1.54, 1.807) is 0 Å². The topological polar surface area (TPSA) is 76.1 Å². The lowest BCUT2D eigenvalue weighted by Crippen LogP contribution is -2.34. The van der Waals surface area contributed by atoms with Crippen LogP contribution in [-0.2, 0) is 20.9 Å². The van der Waals surface area contributed by atoms with E-state index in [1.165, 1.54) is 4.90 Å². The van der Waals surface area contributed by atoms with Crippen molar-refractivity contribution in [2.45, 2.75) is 52.2 Å². The molecule has 0 aromatic heterocycles. The van der Waals surface area contributed by atoms with E-state index in [0.717, 1.165) is 5.56 Å². The number of rotatable bonds is 9. The van der Waals surface area contributed by atoms with Crippen LogP contribution in [0.15, 0.2) is 30.3 Å². The molecular weight excluding hydrogens is 322 g/mol. The van der Waals surface area contributed by atoms with Gasteiger partial charge in [0.2, 0.25) is 0 Å². The standard InChI is InChI=1S/C19H29NO5/c1-19(2,3)25-17(22)11-7-12-20(13-8-14-21)18(23)24-15-16-9-5-4-6-10-16/h4-6,9-10,21H,7-8,11-15H2,1-3H3. The fraction of sp³-hybridized carbons (Fsp3) is 0.579.